The van der Waals surface area contributed by atoms with E-state index < -0.39 is 23.7 Å². The van der Waals surface area contributed by atoms with E-state index in [4.69, 9.17) is 10.8 Å². The maximum atomic E-state index is 13.6. The molecular weight excluding hydrogens is 251 g/mol. The molecule has 1 aromatic rings. The SMILES string of the molecule is CCc1cc(C(=O)NCC(N)C(=O)O)cc(F)c1C. The van der Waals surface area contributed by atoms with E-state index in [-0.39, 0.29) is 12.1 Å². The van der Waals surface area contributed by atoms with Crippen LogP contribution in [0.5, 0.6) is 0 Å². The van der Waals surface area contributed by atoms with Crippen LogP contribution in [0.2, 0.25) is 0 Å². The molecular formula is C13H17FN2O3. The molecule has 1 aromatic carbocycles. The normalized spacial score (nSPS) is 12.0. The van der Waals surface area contributed by atoms with Gasteiger partial charge in [-0.05, 0) is 36.6 Å². The number of hydrogen-bond acceptors (Lipinski definition) is 3. The second kappa shape index (κ2) is 6.29. The number of nitrogens with one attached hydrogen (secondary N) is 1. The minimum absolute atomic E-state index is 0.164. The summed E-state index contributed by atoms with van der Waals surface area (Å²) in [6, 6.07) is 1.56. The van der Waals surface area contributed by atoms with Gasteiger partial charge in [0.1, 0.15) is 11.9 Å². The number of amides is 1. The predicted molar refractivity (Wildman–Crippen MR) is 68.5 cm³/mol. The summed E-state index contributed by atoms with van der Waals surface area (Å²) in [6.07, 6.45) is 0.610. The summed E-state index contributed by atoms with van der Waals surface area (Å²) in [4.78, 5) is 22.3. The fourth-order valence-corrected chi connectivity index (χ4v) is 1.63. The first-order valence-electron chi connectivity index (χ1n) is 5.92. The third kappa shape index (κ3) is 3.75. The average Bonchev–Trinajstić information content (AvgIpc) is 2.38. The van der Waals surface area contributed by atoms with Gasteiger partial charge in [-0.1, -0.05) is 6.92 Å². The molecule has 1 rings (SSSR count). The predicted octanol–water partition coefficient (Wildman–Crippen LogP) is 0.838. The summed E-state index contributed by atoms with van der Waals surface area (Å²) in [7, 11) is 0. The van der Waals surface area contributed by atoms with Gasteiger partial charge in [0.25, 0.3) is 5.91 Å². The van der Waals surface area contributed by atoms with E-state index in [0.29, 0.717) is 12.0 Å². The van der Waals surface area contributed by atoms with E-state index in [2.05, 4.69) is 5.32 Å². The van der Waals surface area contributed by atoms with Crippen LogP contribution in [-0.4, -0.2) is 29.6 Å². The lowest BCUT2D eigenvalue weighted by atomic mass is 10.0. The van der Waals surface area contributed by atoms with Crippen LogP contribution in [0.25, 0.3) is 0 Å². The highest BCUT2D eigenvalue weighted by atomic mass is 19.1. The number of rotatable bonds is 5. The van der Waals surface area contributed by atoms with Crippen molar-refractivity contribution in [3.05, 3.63) is 34.6 Å². The summed E-state index contributed by atoms with van der Waals surface area (Å²) in [6.45, 7) is 3.31. The van der Waals surface area contributed by atoms with Crippen molar-refractivity contribution >= 4 is 11.9 Å². The molecule has 0 fully saturated rings. The molecule has 6 heteroatoms. The third-order valence-corrected chi connectivity index (χ3v) is 2.89. The van der Waals surface area contributed by atoms with Crippen LogP contribution >= 0.6 is 0 Å². The van der Waals surface area contributed by atoms with Crippen LogP contribution in [0.4, 0.5) is 4.39 Å². The number of carboxylic acids is 1. The fraction of sp³-hybridized carbons (Fsp3) is 0.385. The van der Waals surface area contributed by atoms with Crippen molar-refractivity contribution in [2.45, 2.75) is 26.3 Å². The number of halogens is 1. The number of nitrogens with two attached hydrogens (primary N) is 1. The van der Waals surface area contributed by atoms with Gasteiger partial charge in [0.15, 0.2) is 0 Å². The Balaban J connectivity index is 2.83. The second-order valence-electron chi connectivity index (χ2n) is 4.25. The molecule has 0 aliphatic heterocycles. The van der Waals surface area contributed by atoms with Crippen molar-refractivity contribution in [2.75, 3.05) is 6.54 Å². The Morgan fingerprint density at radius 2 is 2.11 bits per heavy atom. The van der Waals surface area contributed by atoms with Crippen molar-refractivity contribution in [3.8, 4) is 0 Å². The van der Waals surface area contributed by atoms with Gasteiger partial charge in [0.05, 0.1) is 0 Å². The zero-order valence-electron chi connectivity index (χ0n) is 10.9. The average molecular weight is 268 g/mol. The number of aryl methyl sites for hydroxylation is 1. The summed E-state index contributed by atoms with van der Waals surface area (Å²) in [5, 5.41) is 11.0. The molecule has 1 atom stereocenters. The smallest absolute Gasteiger partial charge is 0.322 e. The number of carbonyl (C=O) groups excluding carboxylic acids is 1. The van der Waals surface area contributed by atoms with E-state index in [1.807, 2.05) is 6.92 Å². The monoisotopic (exact) mass is 268 g/mol. The second-order valence-corrected chi connectivity index (χ2v) is 4.25. The van der Waals surface area contributed by atoms with E-state index in [0.717, 1.165) is 11.6 Å². The maximum Gasteiger partial charge on any atom is 0.322 e. The molecule has 1 unspecified atom stereocenters. The van der Waals surface area contributed by atoms with Crippen molar-refractivity contribution in [1.29, 1.82) is 0 Å². The van der Waals surface area contributed by atoms with Gasteiger partial charge in [0, 0.05) is 12.1 Å². The van der Waals surface area contributed by atoms with Gasteiger partial charge in [-0.25, -0.2) is 4.39 Å². The van der Waals surface area contributed by atoms with E-state index in [9.17, 15) is 14.0 Å². The molecule has 0 heterocycles. The van der Waals surface area contributed by atoms with Crippen LogP contribution < -0.4 is 11.1 Å². The van der Waals surface area contributed by atoms with Crippen molar-refractivity contribution in [2.24, 2.45) is 5.73 Å². The molecule has 1 amide bonds. The standard InChI is InChI=1S/C13H17FN2O3/c1-3-8-4-9(5-10(14)7(8)2)12(17)16-6-11(15)13(18)19/h4-5,11H,3,6,15H2,1-2H3,(H,16,17)(H,18,19). The highest BCUT2D eigenvalue weighted by Gasteiger charge is 2.15. The molecule has 0 aromatic heterocycles. The molecule has 0 saturated heterocycles. The fourth-order valence-electron chi connectivity index (χ4n) is 1.63. The Hall–Kier alpha value is -1.95. The molecule has 0 bridgehead atoms. The summed E-state index contributed by atoms with van der Waals surface area (Å²) >= 11 is 0. The Labute approximate surface area is 110 Å². The van der Waals surface area contributed by atoms with Gasteiger partial charge < -0.3 is 16.2 Å². The van der Waals surface area contributed by atoms with Crippen molar-refractivity contribution in [1.82, 2.24) is 5.32 Å². The molecule has 4 N–H and O–H groups in total. The molecule has 19 heavy (non-hydrogen) atoms. The number of hydrogen-bond donors (Lipinski definition) is 3. The first-order valence-corrected chi connectivity index (χ1v) is 5.92. The zero-order valence-corrected chi connectivity index (χ0v) is 10.9. The number of benzene rings is 1. The highest BCUT2D eigenvalue weighted by Crippen LogP contribution is 2.16. The Bertz CT molecular complexity index is 503. The maximum absolute atomic E-state index is 13.6. The zero-order chi connectivity index (χ0) is 14.6. The Morgan fingerprint density at radius 1 is 1.47 bits per heavy atom. The van der Waals surface area contributed by atoms with Crippen molar-refractivity contribution in [3.63, 3.8) is 0 Å². The largest absolute Gasteiger partial charge is 0.480 e. The van der Waals surface area contributed by atoms with Crippen LogP contribution in [0.15, 0.2) is 12.1 Å². The van der Waals surface area contributed by atoms with Gasteiger partial charge in [-0.2, -0.15) is 0 Å². The van der Waals surface area contributed by atoms with Crippen LogP contribution in [0, 0.1) is 12.7 Å². The summed E-state index contributed by atoms with van der Waals surface area (Å²) in [5.74, 6) is -2.19. The Morgan fingerprint density at radius 3 is 2.63 bits per heavy atom. The first-order chi connectivity index (χ1) is 8.86. The molecule has 5 nitrogen and oxygen atoms in total. The van der Waals surface area contributed by atoms with E-state index in [1.54, 1.807) is 13.0 Å². The van der Waals surface area contributed by atoms with Crippen LogP contribution in [-0.2, 0) is 11.2 Å². The third-order valence-electron chi connectivity index (χ3n) is 2.89. The van der Waals surface area contributed by atoms with Gasteiger partial charge in [-0.15, -0.1) is 0 Å². The molecule has 0 saturated carbocycles. The minimum atomic E-state index is -1.20. The van der Waals surface area contributed by atoms with Crippen LogP contribution in [0.1, 0.15) is 28.4 Å². The van der Waals surface area contributed by atoms with E-state index in [1.165, 1.54) is 0 Å². The number of carbonyl (C=O) groups is 2. The molecule has 0 spiro atoms. The topological polar surface area (TPSA) is 92.4 Å². The number of aliphatic carboxylic acids is 1. The summed E-state index contributed by atoms with van der Waals surface area (Å²) < 4.78 is 13.6. The van der Waals surface area contributed by atoms with Crippen molar-refractivity contribution < 1.29 is 19.1 Å². The van der Waals surface area contributed by atoms with E-state index >= 15 is 0 Å². The molecule has 0 aliphatic rings. The van der Waals surface area contributed by atoms with Gasteiger partial charge in [-0.3, -0.25) is 9.59 Å². The lowest BCUT2D eigenvalue weighted by Gasteiger charge is -2.11. The minimum Gasteiger partial charge on any atom is -0.480 e. The lowest BCUT2D eigenvalue weighted by molar-refractivity contribution is -0.138. The lowest BCUT2D eigenvalue weighted by Crippen LogP contribution is -2.42. The summed E-state index contributed by atoms with van der Waals surface area (Å²) in [5.41, 5.74) is 6.69. The number of carboxylic acid groups (broad SMARTS) is 1. The molecule has 0 aliphatic carbocycles. The van der Waals surface area contributed by atoms with Crippen LogP contribution in [0.3, 0.4) is 0 Å². The Kier molecular flexibility index (Phi) is 5.00. The molecule has 104 valence electrons. The quantitative estimate of drug-likeness (QED) is 0.737. The highest BCUT2D eigenvalue weighted by molar-refractivity contribution is 5.94. The molecule has 0 radical (unpaired) electrons. The van der Waals surface area contributed by atoms with Gasteiger partial charge >= 0.3 is 5.97 Å². The first kappa shape index (κ1) is 15.1. The van der Waals surface area contributed by atoms with Gasteiger partial charge in [0.2, 0.25) is 0 Å².